The number of carbonyl (C=O) groups excluding carboxylic acids is 2. The van der Waals surface area contributed by atoms with E-state index in [0.717, 1.165) is 17.0 Å². The van der Waals surface area contributed by atoms with Gasteiger partial charge in [0.15, 0.2) is 0 Å². The predicted octanol–water partition coefficient (Wildman–Crippen LogP) is 2.81. The first kappa shape index (κ1) is 20.1. The van der Waals surface area contributed by atoms with Crippen molar-refractivity contribution in [3.05, 3.63) is 18.3 Å². The number of hydrogen-bond acceptors (Lipinski definition) is 5. The molecule has 0 saturated carbocycles. The van der Waals surface area contributed by atoms with E-state index >= 15 is 0 Å². The Bertz CT molecular complexity index is 741. The molecule has 1 aromatic heterocycles. The summed E-state index contributed by atoms with van der Waals surface area (Å²) >= 11 is 0. The topological polar surface area (TPSA) is 72.0 Å². The highest BCUT2D eigenvalue weighted by molar-refractivity contribution is 5.78. The molecule has 12 heteroatoms. The third-order valence-electron chi connectivity index (χ3n) is 4.33. The summed E-state index contributed by atoms with van der Waals surface area (Å²) in [6.45, 7) is -0.667. The summed E-state index contributed by atoms with van der Waals surface area (Å²) < 4.78 is 73.0. The number of alkyl halides is 5. The van der Waals surface area contributed by atoms with Crippen molar-refractivity contribution in [2.24, 2.45) is 0 Å². The summed E-state index contributed by atoms with van der Waals surface area (Å²) in [6.07, 6.45) is -5.05. The average Bonchev–Trinajstić information content (AvgIpc) is 3.00. The second-order valence-corrected chi connectivity index (χ2v) is 6.53. The van der Waals surface area contributed by atoms with E-state index in [-0.39, 0.29) is 24.8 Å². The van der Waals surface area contributed by atoms with Crippen LogP contribution in [0.5, 0.6) is 11.6 Å². The molecule has 0 spiro atoms. The first-order valence-corrected chi connectivity index (χ1v) is 8.38. The molecule has 0 aliphatic carbocycles. The molecule has 2 saturated heterocycles. The molecule has 0 aromatic carbocycles. The van der Waals surface area contributed by atoms with Gasteiger partial charge in [-0.2, -0.15) is 0 Å². The largest absolute Gasteiger partial charge is 0.573 e. The Kier molecular flexibility index (Phi) is 5.31. The van der Waals surface area contributed by atoms with Crippen LogP contribution in [0.1, 0.15) is 19.3 Å². The quantitative estimate of drug-likeness (QED) is 0.718. The van der Waals surface area contributed by atoms with Gasteiger partial charge in [0.2, 0.25) is 11.8 Å². The summed E-state index contributed by atoms with van der Waals surface area (Å²) in [5.41, 5.74) is 0. The van der Waals surface area contributed by atoms with Crippen LogP contribution in [0.4, 0.5) is 26.7 Å². The second-order valence-electron chi connectivity index (χ2n) is 6.53. The monoisotopic (exact) mass is 409 g/mol. The fourth-order valence-corrected chi connectivity index (χ4v) is 3.25. The number of nitrogens with zero attached hydrogens (tertiary/aromatic N) is 3. The standard InChI is InChI=1S/C16H16F5N3O4/c17-15(18)6-10(24-5-1-2-13(24)25)8-23(9-15)14(26)27-12-4-3-11(7-22-12)28-16(19,20)21/h3-4,7,10H,1-2,5-6,8-9H2. The summed E-state index contributed by atoms with van der Waals surface area (Å²) in [4.78, 5) is 29.7. The van der Waals surface area contributed by atoms with Crippen molar-refractivity contribution in [1.82, 2.24) is 14.8 Å². The molecule has 1 aromatic rings. The third kappa shape index (κ3) is 4.98. The predicted molar refractivity (Wildman–Crippen MR) is 82.8 cm³/mol. The number of hydrogen-bond donors (Lipinski definition) is 0. The van der Waals surface area contributed by atoms with E-state index in [0.29, 0.717) is 19.2 Å². The molecule has 0 radical (unpaired) electrons. The van der Waals surface area contributed by atoms with Crippen LogP contribution >= 0.6 is 0 Å². The maximum Gasteiger partial charge on any atom is 0.573 e. The Balaban J connectivity index is 1.65. The molecule has 0 bridgehead atoms. The zero-order valence-electron chi connectivity index (χ0n) is 14.4. The van der Waals surface area contributed by atoms with E-state index in [1.807, 2.05) is 0 Å². The van der Waals surface area contributed by atoms with Gasteiger partial charge in [-0.25, -0.2) is 18.6 Å². The number of piperidine rings is 1. The van der Waals surface area contributed by atoms with E-state index in [2.05, 4.69) is 9.72 Å². The number of rotatable bonds is 3. The molecule has 1 atom stereocenters. The van der Waals surface area contributed by atoms with Crippen LogP contribution < -0.4 is 9.47 Å². The normalized spacial score (nSPS) is 22.3. The number of aromatic nitrogens is 1. The van der Waals surface area contributed by atoms with Crippen molar-refractivity contribution in [3.8, 4) is 11.6 Å². The van der Waals surface area contributed by atoms with Crippen molar-refractivity contribution in [2.45, 2.75) is 37.6 Å². The number of pyridine rings is 1. The molecule has 2 fully saturated rings. The minimum absolute atomic E-state index is 0.130. The van der Waals surface area contributed by atoms with Gasteiger partial charge in [-0.1, -0.05) is 0 Å². The van der Waals surface area contributed by atoms with E-state index in [9.17, 15) is 31.5 Å². The Labute approximate surface area is 156 Å². The molecule has 154 valence electrons. The Morgan fingerprint density at radius 2 is 2.04 bits per heavy atom. The average molecular weight is 409 g/mol. The fraction of sp³-hybridized carbons (Fsp3) is 0.562. The van der Waals surface area contributed by atoms with Crippen molar-refractivity contribution in [2.75, 3.05) is 19.6 Å². The molecule has 1 unspecified atom stereocenters. The maximum atomic E-state index is 14.1. The summed E-state index contributed by atoms with van der Waals surface area (Å²) in [6, 6.07) is 0.990. The SMILES string of the molecule is O=C(Oc1ccc(OC(F)(F)F)cn1)N1CC(N2CCCC2=O)CC(F)(F)C1. The number of carbonyl (C=O) groups is 2. The molecule has 2 amide bonds. The Morgan fingerprint density at radius 1 is 1.29 bits per heavy atom. The zero-order valence-corrected chi connectivity index (χ0v) is 14.4. The highest BCUT2D eigenvalue weighted by atomic mass is 19.4. The summed E-state index contributed by atoms with van der Waals surface area (Å²) in [5, 5.41) is 0. The molecule has 7 nitrogen and oxygen atoms in total. The molecule has 3 heterocycles. The van der Waals surface area contributed by atoms with Crippen molar-refractivity contribution in [3.63, 3.8) is 0 Å². The van der Waals surface area contributed by atoms with Gasteiger partial charge in [0.05, 0.1) is 18.8 Å². The van der Waals surface area contributed by atoms with E-state index in [1.165, 1.54) is 4.90 Å². The van der Waals surface area contributed by atoms with Gasteiger partial charge >= 0.3 is 12.5 Å². The van der Waals surface area contributed by atoms with Crippen LogP contribution in [0.25, 0.3) is 0 Å². The Hall–Kier alpha value is -2.66. The Morgan fingerprint density at radius 3 is 2.61 bits per heavy atom. The number of halogens is 5. The van der Waals surface area contributed by atoms with Crippen molar-refractivity contribution in [1.29, 1.82) is 0 Å². The second kappa shape index (κ2) is 7.40. The van der Waals surface area contributed by atoms with Gasteiger partial charge < -0.3 is 14.4 Å². The van der Waals surface area contributed by atoms with Gasteiger partial charge in [0, 0.05) is 32.0 Å². The first-order valence-electron chi connectivity index (χ1n) is 8.38. The minimum Gasteiger partial charge on any atom is -0.404 e. The number of likely N-dealkylation sites (tertiary alicyclic amines) is 2. The molecular weight excluding hydrogens is 393 g/mol. The van der Waals surface area contributed by atoms with Gasteiger partial charge in [-0.15, -0.1) is 13.2 Å². The summed E-state index contributed by atoms with van der Waals surface area (Å²) in [7, 11) is 0. The maximum absolute atomic E-state index is 14.1. The lowest BCUT2D eigenvalue weighted by Gasteiger charge is -2.40. The molecule has 3 rings (SSSR count). The zero-order chi connectivity index (χ0) is 20.5. The van der Waals surface area contributed by atoms with Crippen molar-refractivity contribution < 1.29 is 41.0 Å². The van der Waals surface area contributed by atoms with Gasteiger partial charge in [0.1, 0.15) is 5.75 Å². The molecular formula is C16H16F5N3O4. The van der Waals surface area contributed by atoms with Crippen LogP contribution in [0.15, 0.2) is 18.3 Å². The van der Waals surface area contributed by atoms with E-state index < -0.39 is 43.1 Å². The van der Waals surface area contributed by atoms with Crippen LogP contribution in [0.3, 0.4) is 0 Å². The van der Waals surface area contributed by atoms with Gasteiger partial charge in [-0.05, 0) is 12.5 Å². The van der Waals surface area contributed by atoms with E-state index in [4.69, 9.17) is 4.74 Å². The first-order chi connectivity index (χ1) is 13.0. The number of amides is 2. The minimum atomic E-state index is -4.90. The molecule has 28 heavy (non-hydrogen) atoms. The van der Waals surface area contributed by atoms with Crippen LogP contribution in [0.2, 0.25) is 0 Å². The van der Waals surface area contributed by atoms with Crippen LogP contribution in [-0.2, 0) is 4.79 Å². The molecule has 0 N–H and O–H groups in total. The van der Waals surface area contributed by atoms with Gasteiger partial charge in [0.25, 0.3) is 5.92 Å². The van der Waals surface area contributed by atoms with Gasteiger partial charge in [-0.3, -0.25) is 9.69 Å². The lowest BCUT2D eigenvalue weighted by molar-refractivity contribution is -0.274. The highest BCUT2D eigenvalue weighted by Crippen LogP contribution is 2.32. The third-order valence-corrected chi connectivity index (χ3v) is 4.33. The highest BCUT2D eigenvalue weighted by Gasteiger charge is 2.46. The fourth-order valence-electron chi connectivity index (χ4n) is 3.25. The number of ether oxygens (including phenoxy) is 2. The van der Waals surface area contributed by atoms with E-state index in [1.54, 1.807) is 0 Å². The molecule has 2 aliphatic heterocycles. The lowest BCUT2D eigenvalue weighted by Crippen LogP contribution is -2.57. The summed E-state index contributed by atoms with van der Waals surface area (Å²) in [5.74, 6) is -4.44. The lowest BCUT2D eigenvalue weighted by atomic mass is 10.0. The van der Waals surface area contributed by atoms with Crippen molar-refractivity contribution >= 4 is 12.0 Å². The smallest absolute Gasteiger partial charge is 0.404 e. The van der Waals surface area contributed by atoms with Crippen LogP contribution in [0, 0.1) is 0 Å². The molecule has 2 aliphatic rings. The van der Waals surface area contributed by atoms with Crippen LogP contribution in [-0.4, -0.2) is 64.7 Å².